The van der Waals surface area contributed by atoms with Crippen molar-refractivity contribution in [2.45, 2.75) is 37.5 Å². The summed E-state index contributed by atoms with van der Waals surface area (Å²) in [6, 6.07) is 31.1. The van der Waals surface area contributed by atoms with E-state index in [4.69, 9.17) is 5.73 Å². The van der Waals surface area contributed by atoms with Gasteiger partial charge in [-0.05, 0) is 42.4 Å². The van der Waals surface area contributed by atoms with Crippen LogP contribution in [0.3, 0.4) is 0 Å². The smallest absolute Gasteiger partial charge is 0.233 e. The standard InChI is InChI=1S/C30H36N2O/c1-32(22-13-5-8-16-25-14-6-2-7-15-25)23-21-28(24-32)30(29(31)33,26-17-9-3-10-18-26)27-19-11-4-12-20-27/h2-4,6-7,9-12,14-15,17-20,28H,5,8,13,16,21-24H2,1H3,(H-,31,33)/p+1/t28-,32?/m1/s1. The molecule has 1 aliphatic rings. The predicted octanol–water partition coefficient (Wildman–Crippen LogP) is 5.34. The van der Waals surface area contributed by atoms with Crippen LogP contribution >= 0.6 is 0 Å². The van der Waals surface area contributed by atoms with E-state index in [1.54, 1.807) is 0 Å². The van der Waals surface area contributed by atoms with Gasteiger partial charge in [-0.25, -0.2) is 0 Å². The lowest BCUT2D eigenvalue weighted by Gasteiger charge is -2.38. The highest BCUT2D eigenvalue weighted by Gasteiger charge is 2.53. The SMILES string of the molecule is C[N+]1(CCCCCc2ccccc2)CC[C@@H](C(C(N)=O)(c2ccccc2)c2ccccc2)C1. The number of nitrogens with zero attached hydrogens (tertiary/aromatic N) is 1. The minimum atomic E-state index is -0.786. The van der Waals surface area contributed by atoms with Gasteiger partial charge in [0, 0.05) is 12.3 Å². The lowest BCUT2D eigenvalue weighted by Crippen LogP contribution is -2.51. The van der Waals surface area contributed by atoms with Gasteiger partial charge < -0.3 is 10.2 Å². The van der Waals surface area contributed by atoms with Crippen LogP contribution in [0.4, 0.5) is 0 Å². The number of benzene rings is 3. The number of rotatable bonds is 10. The number of aryl methyl sites for hydroxylation is 1. The maximum Gasteiger partial charge on any atom is 0.233 e. The molecule has 0 aromatic heterocycles. The van der Waals surface area contributed by atoms with Crippen molar-refractivity contribution in [3.8, 4) is 0 Å². The zero-order valence-corrected chi connectivity index (χ0v) is 19.8. The molecule has 1 heterocycles. The maximum absolute atomic E-state index is 13.3. The molecule has 4 rings (SSSR count). The zero-order valence-electron chi connectivity index (χ0n) is 19.8. The molecule has 0 bridgehead atoms. The number of carbonyl (C=O) groups is 1. The van der Waals surface area contributed by atoms with Crippen molar-refractivity contribution in [3.05, 3.63) is 108 Å². The Hall–Kier alpha value is -2.91. The lowest BCUT2D eigenvalue weighted by molar-refractivity contribution is -0.899. The van der Waals surface area contributed by atoms with Gasteiger partial charge in [-0.2, -0.15) is 0 Å². The Bertz CT molecular complexity index is 979. The molecule has 2 atom stereocenters. The van der Waals surface area contributed by atoms with Gasteiger partial charge in [0.15, 0.2) is 0 Å². The molecule has 3 aromatic rings. The van der Waals surface area contributed by atoms with Crippen molar-refractivity contribution < 1.29 is 9.28 Å². The van der Waals surface area contributed by atoms with Crippen molar-refractivity contribution in [3.63, 3.8) is 0 Å². The van der Waals surface area contributed by atoms with Gasteiger partial charge in [0.05, 0.1) is 26.7 Å². The van der Waals surface area contributed by atoms with Crippen LogP contribution in [0.15, 0.2) is 91.0 Å². The summed E-state index contributed by atoms with van der Waals surface area (Å²) in [7, 11) is 2.36. The Morgan fingerprint density at radius 2 is 1.39 bits per heavy atom. The Labute approximate surface area is 198 Å². The largest absolute Gasteiger partial charge is 0.369 e. The zero-order chi connectivity index (χ0) is 23.2. The van der Waals surface area contributed by atoms with E-state index in [2.05, 4.69) is 61.6 Å². The van der Waals surface area contributed by atoms with Crippen LogP contribution in [0, 0.1) is 5.92 Å². The second kappa shape index (κ2) is 10.4. The number of nitrogens with two attached hydrogens (primary N) is 1. The van der Waals surface area contributed by atoms with Crippen molar-refractivity contribution in [1.29, 1.82) is 0 Å². The molecule has 3 heteroatoms. The van der Waals surface area contributed by atoms with Crippen LogP contribution in [0.25, 0.3) is 0 Å². The van der Waals surface area contributed by atoms with Gasteiger partial charge in [0.1, 0.15) is 5.41 Å². The Balaban J connectivity index is 1.47. The third-order valence-corrected chi connectivity index (χ3v) is 7.64. The first kappa shape index (κ1) is 23.3. The minimum absolute atomic E-state index is 0.189. The third kappa shape index (κ3) is 5.04. The normalized spacial score (nSPS) is 20.6. The van der Waals surface area contributed by atoms with E-state index in [0.29, 0.717) is 0 Å². The molecular formula is C30H37N2O+. The highest BCUT2D eigenvalue weighted by atomic mass is 16.1. The Morgan fingerprint density at radius 3 is 1.94 bits per heavy atom. The molecule has 3 nitrogen and oxygen atoms in total. The van der Waals surface area contributed by atoms with E-state index in [1.807, 2.05) is 36.4 Å². The van der Waals surface area contributed by atoms with Crippen LogP contribution in [0.5, 0.6) is 0 Å². The maximum atomic E-state index is 13.3. The predicted molar refractivity (Wildman–Crippen MR) is 136 cm³/mol. The molecule has 2 N–H and O–H groups in total. The topological polar surface area (TPSA) is 43.1 Å². The van der Waals surface area contributed by atoms with Crippen molar-refractivity contribution >= 4 is 5.91 Å². The summed E-state index contributed by atoms with van der Waals surface area (Å²) in [5.41, 5.74) is 8.93. The fourth-order valence-corrected chi connectivity index (χ4v) is 5.91. The Morgan fingerprint density at radius 1 is 0.848 bits per heavy atom. The number of unbranched alkanes of at least 4 members (excludes halogenated alkanes) is 2. The van der Waals surface area contributed by atoms with E-state index in [9.17, 15) is 4.79 Å². The molecule has 0 radical (unpaired) electrons. The number of primary amides is 1. The van der Waals surface area contributed by atoms with Gasteiger partial charge >= 0.3 is 0 Å². The van der Waals surface area contributed by atoms with E-state index in [0.717, 1.165) is 48.1 Å². The van der Waals surface area contributed by atoms with Crippen molar-refractivity contribution in [1.82, 2.24) is 0 Å². The first-order chi connectivity index (χ1) is 16.0. The monoisotopic (exact) mass is 441 g/mol. The average molecular weight is 442 g/mol. The lowest BCUT2D eigenvalue weighted by atomic mass is 9.64. The molecular weight excluding hydrogens is 404 g/mol. The molecule has 0 spiro atoms. The average Bonchev–Trinajstić information content (AvgIpc) is 3.23. The number of carbonyl (C=O) groups excluding carboxylic acids is 1. The first-order valence-corrected chi connectivity index (χ1v) is 12.3. The van der Waals surface area contributed by atoms with Gasteiger partial charge in [0.2, 0.25) is 5.91 Å². The van der Waals surface area contributed by atoms with Gasteiger partial charge in [-0.1, -0.05) is 91.0 Å². The van der Waals surface area contributed by atoms with Crippen LogP contribution in [0.1, 0.15) is 42.4 Å². The van der Waals surface area contributed by atoms with Gasteiger partial charge in [0.25, 0.3) is 0 Å². The van der Waals surface area contributed by atoms with E-state index in [1.165, 1.54) is 24.8 Å². The number of quaternary nitrogens is 1. The van der Waals surface area contributed by atoms with E-state index in [-0.39, 0.29) is 11.8 Å². The van der Waals surface area contributed by atoms with Crippen molar-refractivity contribution in [2.24, 2.45) is 11.7 Å². The number of likely N-dealkylation sites (tertiary alicyclic amines) is 1. The van der Waals surface area contributed by atoms with Crippen LogP contribution in [0.2, 0.25) is 0 Å². The third-order valence-electron chi connectivity index (χ3n) is 7.64. The number of hydrogen-bond donors (Lipinski definition) is 1. The highest BCUT2D eigenvalue weighted by molar-refractivity contribution is 5.91. The molecule has 1 saturated heterocycles. The quantitative estimate of drug-likeness (QED) is 0.335. The molecule has 33 heavy (non-hydrogen) atoms. The fourth-order valence-electron chi connectivity index (χ4n) is 5.91. The number of hydrogen-bond acceptors (Lipinski definition) is 1. The second-order valence-corrected chi connectivity index (χ2v) is 9.94. The summed E-state index contributed by atoms with van der Waals surface area (Å²) < 4.78 is 1.02. The first-order valence-electron chi connectivity index (χ1n) is 12.3. The molecule has 0 saturated carbocycles. The summed E-state index contributed by atoms with van der Waals surface area (Å²) in [5.74, 6) is -0.0460. The van der Waals surface area contributed by atoms with Gasteiger partial charge in [-0.15, -0.1) is 0 Å². The number of amides is 1. The molecule has 0 aliphatic carbocycles. The highest BCUT2D eigenvalue weighted by Crippen LogP contribution is 2.45. The summed E-state index contributed by atoms with van der Waals surface area (Å²) >= 11 is 0. The molecule has 1 amide bonds. The van der Waals surface area contributed by atoms with E-state index < -0.39 is 5.41 Å². The second-order valence-electron chi connectivity index (χ2n) is 9.94. The molecule has 3 aromatic carbocycles. The molecule has 172 valence electrons. The summed E-state index contributed by atoms with van der Waals surface area (Å²) in [5, 5.41) is 0. The summed E-state index contributed by atoms with van der Waals surface area (Å²) in [4.78, 5) is 13.3. The molecule has 1 fully saturated rings. The Kier molecular flexibility index (Phi) is 7.29. The van der Waals surface area contributed by atoms with Crippen LogP contribution in [-0.4, -0.2) is 37.1 Å². The van der Waals surface area contributed by atoms with Crippen molar-refractivity contribution in [2.75, 3.05) is 26.7 Å². The molecule has 1 aliphatic heterocycles. The molecule has 1 unspecified atom stereocenters. The van der Waals surface area contributed by atoms with Gasteiger partial charge in [-0.3, -0.25) is 4.79 Å². The van der Waals surface area contributed by atoms with Crippen LogP contribution in [-0.2, 0) is 16.6 Å². The summed E-state index contributed by atoms with van der Waals surface area (Å²) in [6.07, 6.45) is 5.85. The summed E-state index contributed by atoms with van der Waals surface area (Å²) in [6.45, 7) is 3.23. The van der Waals surface area contributed by atoms with E-state index >= 15 is 0 Å². The fraction of sp³-hybridized carbons (Fsp3) is 0.367. The minimum Gasteiger partial charge on any atom is -0.369 e. The van der Waals surface area contributed by atoms with Crippen LogP contribution < -0.4 is 5.73 Å².